The lowest BCUT2D eigenvalue weighted by atomic mass is 9.86. The number of nitrogens with zero attached hydrogens (tertiary/aromatic N) is 5. The first kappa shape index (κ1) is 22.1. The molecule has 2 aromatic heterocycles. The van der Waals surface area contributed by atoms with E-state index in [1.165, 1.54) is 11.9 Å². The zero-order valence-corrected chi connectivity index (χ0v) is 18.9. The van der Waals surface area contributed by atoms with Crippen molar-refractivity contribution in [2.75, 3.05) is 31.1 Å². The number of anilines is 1. The number of rotatable bonds is 5. The molecule has 0 aliphatic carbocycles. The molecule has 3 aromatic rings. The molecule has 4 heterocycles. The lowest BCUT2D eigenvalue weighted by Crippen LogP contribution is -2.31. The monoisotopic (exact) mass is 471 g/mol. The summed E-state index contributed by atoms with van der Waals surface area (Å²) in [7, 11) is 0. The van der Waals surface area contributed by atoms with Gasteiger partial charge in [0.15, 0.2) is 0 Å². The number of alkyl halides is 3. The molecular formula is C24H24F3N5S. The van der Waals surface area contributed by atoms with E-state index in [9.17, 15) is 13.2 Å². The largest absolute Gasteiger partial charge is 0.393 e. The third-order valence-corrected chi connectivity index (χ3v) is 7.74. The number of nitriles is 1. The van der Waals surface area contributed by atoms with Gasteiger partial charge in [-0.2, -0.15) is 18.4 Å². The van der Waals surface area contributed by atoms with Crippen LogP contribution >= 0.6 is 11.3 Å². The molecular weight excluding hydrogens is 447 g/mol. The summed E-state index contributed by atoms with van der Waals surface area (Å²) in [6.45, 7) is 4.63. The van der Waals surface area contributed by atoms with Gasteiger partial charge in [0.2, 0.25) is 0 Å². The van der Waals surface area contributed by atoms with E-state index in [2.05, 4.69) is 38.0 Å². The van der Waals surface area contributed by atoms with Gasteiger partial charge in [-0.15, -0.1) is 11.3 Å². The summed E-state index contributed by atoms with van der Waals surface area (Å²) in [5.74, 6) is 0.757. The summed E-state index contributed by atoms with van der Waals surface area (Å²) in [6, 6.07) is 12.0. The first-order valence-electron chi connectivity index (χ1n) is 11.0. The van der Waals surface area contributed by atoms with Gasteiger partial charge in [0.05, 0.1) is 24.3 Å². The highest BCUT2D eigenvalue weighted by molar-refractivity contribution is 7.18. The maximum atomic E-state index is 12.9. The number of likely N-dealkylation sites (tertiary alicyclic amines) is 1. The van der Waals surface area contributed by atoms with Crippen molar-refractivity contribution in [3.63, 3.8) is 0 Å². The Morgan fingerprint density at radius 3 is 2.58 bits per heavy atom. The van der Waals surface area contributed by atoms with Crippen molar-refractivity contribution in [1.82, 2.24) is 14.9 Å². The molecule has 2 saturated heterocycles. The van der Waals surface area contributed by atoms with Crippen LogP contribution in [-0.4, -0.2) is 47.2 Å². The molecule has 0 radical (unpaired) electrons. The summed E-state index contributed by atoms with van der Waals surface area (Å²) < 4.78 is 38.6. The van der Waals surface area contributed by atoms with Gasteiger partial charge in [-0.3, -0.25) is 4.90 Å². The van der Waals surface area contributed by atoms with Crippen LogP contribution in [0.3, 0.4) is 0 Å². The van der Waals surface area contributed by atoms with E-state index in [1.807, 2.05) is 12.1 Å². The molecule has 2 aliphatic rings. The third-order valence-electron chi connectivity index (χ3n) is 6.70. The molecule has 1 spiro atoms. The Morgan fingerprint density at radius 1 is 1.06 bits per heavy atom. The zero-order valence-electron chi connectivity index (χ0n) is 18.1. The fourth-order valence-corrected chi connectivity index (χ4v) is 6.17. The van der Waals surface area contributed by atoms with E-state index in [-0.39, 0.29) is 10.3 Å². The van der Waals surface area contributed by atoms with Gasteiger partial charge in [0.1, 0.15) is 17.0 Å². The van der Waals surface area contributed by atoms with Crippen LogP contribution in [0.15, 0.2) is 36.7 Å². The Kier molecular flexibility index (Phi) is 5.75. The van der Waals surface area contributed by atoms with Gasteiger partial charge in [0, 0.05) is 36.5 Å². The van der Waals surface area contributed by atoms with Gasteiger partial charge < -0.3 is 4.90 Å². The Balaban J connectivity index is 1.27. The van der Waals surface area contributed by atoms with Crippen LogP contribution in [0.1, 0.15) is 28.8 Å². The van der Waals surface area contributed by atoms with Crippen molar-refractivity contribution in [3.8, 4) is 6.07 Å². The van der Waals surface area contributed by atoms with Gasteiger partial charge >= 0.3 is 6.18 Å². The number of aromatic nitrogens is 2. The fourth-order valence-electron chi connectivity index (χ4n) is 5.15. The number of benzene rings is 1. The van der Waals surface area contributed by atoms with Crippen LogP contribution in [0, 0.1) is 16.7 Å². The third kappa shape index (κ3) is 4.82. The highest BCUT2D eigenvalue weighted by Gasteiger charge is 2.44. The lowest BCUT2D eigenvalue weighted by Gasteiger charge is -2.25. The first-order chi connectivity index (χ1) is 15.8. The van der Waals surface area contributed by atoms with Gasteiger partial charge in [-0.05, 0) is 36.6 Å². The van der Waals surface area contributed by atoms with Crippen LogP contribution in [0.2, 0.25) is 0 Å². The topological polar surface area (TPSA) is 56.1 Å². The quantitative estimate of drug-likeness (QED) is 0.526. The van der Waals surface area contributed by atoms with E-state index in [4.69, 9.17) is 5.26 Å². The van der Waals surface area contributed by atoms with Crippen LogP contribution < -0.4 is 4.90 Å². The van der Waals surface area contributed by atoms with Crippen molar-refractivity contribution < 1.29 is 13.2 Å². The summed E-state index contributed by atoms with van der Waals surface area (Å²) in [5, 5.41) is 9.56. The fraction of sp³-hybridized carbons (Fsp3) is 0.458. The van der Waals surface area contributed by atoms with Gasteiger partial charge in [0.25, 0.3) is 0 Å². The summed E-state index contributed by atoms with van der Waals surface area (Å²) >= 11 is 1.10. The van der Waals surface area contributed by atoms with Crippen molar-refractivity contribution >= 4 is 27.4 Å². The maximum Gasteiger partial charge on any atom is 0.393 e. The second-order valence-electron chi connectivity index (χ2n) is 9.20. The molecule has 0 bridgehead atoms. The highest BCUT2D eigenvalue weighted by Crippen LogP contribution is 2.43. The van der Waals surface area contributed by atoms with Crippen molar-refractivity contribution in [1.29, 1.82) is 5.26 Å². The minimum absolute atomic E-state index is 0.183. The molecule has 0 saturated carbocycles. The molecule has 1 atom stereocenters. The average molecular weight is 472 g/mol. The molecule has 0 N–H and O–H groups in total. The predicted molar refractivity (Wildman–Crippen MR) is 122 cm³/mol. The van der Waals surface area contributed by atoms with E-state index in [0.717, 1.165) is 73.7 Å². The number of hydrogen-bond donors (Lipinski definition) is 0. The number of halogens is 3. The maximum absolute atomic E-state index is 12.9. The molecule has 9 heteroatoms. The van der Waals surface area contributed by atoms with E-state index < -0.39 is 12.6 Å². The highest BCUT2D eigenvalue weighted by atomic mass is 32.1. The summed E-state index contributed by atoms with van der Waals surface area (Å²) in [6.07, 6.45) is -1.10. The normalized spacial score (nSPS) is 21.3. The van der Waals surface area contributed by atoms with E-state index in [1.54, 1.807) is 6.07 Å². The zero-order chi connectivity index (χ0) is 23.1. The molecule has 1 aromatic carbocycles. The van der Waals surface area contributed by atoms with Crippen LogP contribution in [-0.2, 0) is 19.4 Å². The molecule has 5 rings (SSSR count). The molecule has 0 amide bonds. The van der Waals surface area contributed by atoms with Gasteiger partial charge in [-0.1, -0.05) is 24.3 Å². The van der Waals surface area contributed by atoms with Crippen LogP contribution in [0.25, 0.3) is 10.2 Å². The second kappa shape index (κ2) is 8.58. The molecule has 172 valence electrons. The molecule has 2 aliphatic heterocycles. The average Bonchev–Trinajstić information content (AvgIpc) is 3.47. The SMILES string of the molecule is N#CCc1ccc(CN2CCC3(CCN(c4ncnc5sc(CC(F)(F)F)cc45)C3)C2)cc1. The van der Waals surface area contributed by atoms with E-state index >= 15 is 0 Å². The molecule has 1 unspecified atom stereocenters. The standard InChI is InChI=1S/C24H24F3N5S/c25-24(26,27)12-19-11-20-21(29-16-30-22(20)33-19)32-10-7-23(15-32)6-9-31(14-23)13-18-3-1-17(2-4-18)5-8-28/h1-4,11,16H,5-7,9-10,12-15H2. The smallest absolute Gasteiger partial charge is 0.355 e. The number of fused-ring (bicyclic) bond motifs is 1. The molecule has 33 heavy (non-hydrogen) atoms. The van der Waals surface area contributed by atoms with Crippen LogP contribution in [0.5, 0.6) is 0 Å². The van der Waals surface area contributed by atoms with Crippen LogP contribution in [0.4, 0.5) is 19.0 Å². The Morgan fingerprint density at radius 2 is 1.82 bits per heavy atom. The minimum Gasteiger partial charge on any atom is -0.355 e. The first-order valence-corrected chi connectivity index (χ1v) is 11.9. The van der Waals surface area contributed by atoms with E-state index in [0.29, 0.717) is 11.3 Å². The lowest BCUT2D eigenvalue weighted by molar-refractivity contribution is -0.126. The van der Waals surface area contributed by atoms with Gasteiger partial charge in [-0.25, -0.2) is 9.97 Å². The summed E-state index contributed by atoms with van der Waals surface area (Å²) in [4.78, 5) is 14.3. The second-order valence-corrected chi connectivity index (χ2v) is 10.3. The van der Waals surface area contributed by atoms with Crippen molar-refractivity contribution in [2.24, 2.45) is 5.41 Å². The number of thiophene rings is 1. The van der Waals surface area contributed by atoms with Crippen molar-refractivity contribution in [3.05, 3.63) is 52.7 Å². The Labute approximate surface area is 194 Å². The number of hydrogen-bond acceptors (Lipinski definition) is 6. The predicted octanol–water partition coefficient (Wildman–Crippen LogP) is 4.96. The molecule has 2 fully saturated rings. The Hall–Kier alpha value is -2.70. The molecule has 5 nitrogen and oxygen atoms in total. The minimum atomic E-state index is -4.23. The Bertz CT molecular complexity index is 1180. The summed E-state index contributed by atoms with van der Waals surface area (Å²) in [5.41, 5.74) is 2.47. The van der Waals surface area contributed by atoms with Crippen molar-refractivity contribution in [2.45, 2.75) is 38.4 Å².